The smallest absolute Gasteiger partial charge is 0.338 e. The van der Waals surface area contributed by atoms with Gasteiger partial charge in [0.05, 0.1) is 11.7 Å². The van der Waals surface area contributed by atoms with E-state index in [4.69, 9.17) is 4.74 Å². The zero-order chi connectivity index (χ0) is 13.0. The van der Waals surface area contributed by atoms with Crippen molar-refractivity contribution < 1.29 is 14.6 Å². The molecule has 17 heavy (non-hydrogen) atoms. The molecule has 0 amide bonds. The van der Waals surface area contributed by atoms with Gasteiger partial charge in [0.25, 0.3) is 0 Å². The quantitative estimate of drug-likeness (QED) is 0.809. The lowest BCUT2D eigenvalue weighted by atomic mass is 10.2. The Bertz CT molecular complexity index is 371. The lowest BCUT2D eigenvalue weighted by Crippen LogP contribution is -2.25. The van der Waals surface area contributed by atoms with Crippen molar-refractivity contribution >= 4 is 11.7 Å². The van der Waals surface area contributed by atoms with E-state index in [-0.39, 0.29) is 0 Å². The molecule has 0 aliphatic heterocycles. The first-order valence-electron chi connectivity index (χ1n) is 5.58. The Kier molecular flexibility index (Phi) is 4.52. The van der Waals surface area contributed by atoms with E-state index in [1.165, 1.54) is 0 Å². The molecule has 94 valence electrons. The molecule has 0 saturated heterocycles. The van der Waals surface area contributed by atoms with Gasteiger partial charge in [0.15, 0.2) is 0 Å². The fraction of sp³-hybridized carbons (Fsp3) is 0.462. The average molecular weight is 237 g/mol. The van der Waals surface area contributed by atoms with Crippen LogP contribution in [0.5, 0.6) is 0 Å². The minimum absolute atomic E-state index is 0.413. The molecule has 4 heteroatoms. The Balaban J connectivity index is 2.70. The van der Waals surface area contributed by atoms with E-state index in [0.29, 0.717) is 5.56 Å². The molecule has 2 atom stereocenters. The van der Waals surface area contributed by atoms with E-state index in [1.807, 2.05) is 31.1 Å². The van der Waals surface area contributed by atoms with E-state index in [0.717, 1.165) is 5.69 Å². The number of hydrogen-bond donors (Lipinski definition) is 1. The maximum absolute atomic E-state index is 11.7. The Morgan fingerprint density at radius 2 is 1.76 bits per heavy atom. The highest BCUT2D eigenvalue weighted by Crippen LogP contribution is 2.13. The molecule has 0 aliphatic rings. The van der Waals surface area contributed by atoms with Gasteiger partial charge in [-0.15, -0.1) is 0 Å². The maximum Gasteiger partial charge on any atom is 0.338 e. The number of rotatable bonds is 4. The first kappa shape index (κ1) is 13.5. The summed E-state index contributed by atoms with van der Waals surface area (Å²) in [6, 6.07) is 7.13. The van der Waals surface area contributed by atoms with Crippen molar-refractivity contribution in [2.75, 3.05) is 19.0 Å². The number of carbonyl (C=O) groups is 1. The highest BCUT2D eigenvalue weighted by atomic mass is 16.6. The van der Waals surface area contributed by atoms with E-state index in [1.54, 1.807) is 26.0 Å². The number of esters is 1. The van der Waals surface area contributed by atoms with E-state index >= 15 is 0 Å². The van der Waals surface area contributed by atoms with Crippen LogP contribution < -0.4 is 4.90 Å². The highest BCUT2D eigenvalue weighted by Gasteiger charge is 2.15. The number of aliphatic hydroxyl groups excluding tert-OH is 1. The van der Waals surface area contributed by atoms with Gasteiger partial charge in [0.2, 0.25) is 0 Å². The van der Waals surface area contributed by atoms with Gasteiger partial charge in [-0.1, -0.05) is 0 Å². The van der Waals surface area contributed by atoms with Crippen molar-refractivity contribution in [3.8, 4) is 0 Å². The van der Waals surface area contributed by atoms with Gasteiger partial charge in [0, 0.05) is 19.8 Å². The fourth-order valence-electron chi connectivity index (χ4n) is 1.23. The number of nitrogens with zero attached hydrogens (tertiary/aromatic N) is 1. The summed E-state index contributed by atoms with van der Waals surface area (Å²) in [5.74, 6) is -0.413. The Morgan fingerprint density at radius 1 is 1.24 bits per heavy atom. The fourth-order valence-corrected chi connectivity index (χ4v) is 1.23. The van der Waals surface area contributed by atoms with Crippen molar-refractivity contribution in [3.63, 3.8) is 0 Å². The summed E-state index contributed by atoms with van der Waals surface area (Å²) in [5, 5.41) is 9.25. The lowest BCUT2D eigenvalue weighted by Gasteiger charge is -2.16. The second kappa shape index (κ2) is 5.68. The number of hydrogen-bond acceptors (Lipinski definition) is 4. The summed E-state index contributed by atoms with van der Waals surface area (Å²) in [6.45, 7) is 3.25. The van der Waals surface area contributed by atoms with Crippen molar-refractivity contribution in [2.45, 2.75) is 26.1 Å². The summed E-state index contributed by atoms with van der Waals surface area (Å²) in [7, 11) is 3.87. The third kappa shape index (κ3) is 3.75. The van der Waals surface area contributed by atoms with Crippen LogP contribution in [-0.4, -0.2) is 37.4 Å². The van der Waals surface area contributed by atoms with Gasteiger partial charge in [-0.2, -0.15) is 0 Å². The molecule has 0 unspecified atom stereocenters. The summed E-state index contributed by atoms with van der Waals surface area (Å²) in [6.07, 6.45) is -1.17. The second-order valence-corrected chi connectivity index (χ2v) is 4.29. The third-order valence-electron chi connectivity index (χ3n) is 2.59. The molecule has 0 radical (unpaired) electrons. The number of carbonyl (C=O) groups excluding carboxylic acids is 1. The zero-order valence-corrected chi connectivity index (χ0v) is 10.7. The maximum atomic E-state index is 11.7. The molecule has 0 saturated carbocycles. The first-order valence-corrected chi connectivity index (χ1v) is 5.58. The van der Waals surface area contributed by atoms with Gasteiger partial charge < -0.3 is 14.7 Å². The predicted octanol–water partition coefficient (Wildman–Crippen LogP) is 1.68. The topological polar surface area (TPSA) is 49.8 Å². The molecule has 0 aromatic heterocycles. The molecule has 1 rings (SSSR count). The SMILES string of the molecule is C[C@H](OC(=O)c1ccc(N(C)C)cc1)[C@@H](C)O. The number of benzene rings is 1. The van der Waals surface area contributed by atoms with Gasteiger partial charge >= 0.3 is 5.97 Å². The van der Waals surface area contributed by atoms with Crippen LogP contribution in [0.2, 0.25) is 0 Å². The minimum atomic E-state index is -0.667. The van der Waals surface area contributed by atoms with Crippen LogP contribution in [0.4, 0.5) is 5.69 Å². The van der Waals surface area contributed by atoms with E-state index in [9.17, 15) is 9.90 Å². The lowest BCUT2D eigenvalue weighted by molar-refractivity contribution is -0.00468. The van der Waals surface area contributed by atoms with Gasteiger partial charge in [0.1, 0.15) is 6.10 Å². The summed E-state index contributed by atoms with van der Waals surface area (Å²) in [5.41, 5.74) is 1.51. The molecule has 1 N–H and O–H groups in total. The van der Waals surface area contributed by atoms with Crippen LogP contribution in [0.3, 0.4) is 0 Å². The van der Waals surface area contributed by atoms with Crippen LogP contribution >= 0.6 is 0 Å². The standard InChI is InChI=1S/C13H19NO3/c1-9(15)10(2)17-13(16)11-5-7-12(8-6-11)14(3)4/h5-10,15H,1-4H3/t9-,10+/m1/s1. The minimum Gasteiger partial charge on any atom is -0.456 e. The molecular weight excluding hydrogens is 218 g/mol. The second-order valence-electron chi connectivity index (χ2n) is 4.29. The number of ether oxygens (including phenoxy) is 1. The monoisotopic (exact) mass is 237 g/mol. The van der Waals surface area contributed by atoms with Gasteiger partial charge in [-0.05, 0) is 38.1 Å². The Hall–Kier alpha value is -1.55. The van der Waals surface area contributed by atoms with E-state index in [2.05, 4.69) is 0 Å². The summed E-state index contributed by atoms with van der Waals surface area (Å²) >= 11 is 0. The first-order chi connectivity index (χ1) is 7.91. The molecule has 4 nitrogen and oxygen atoms in total. The highest BCUT2D eigenvalue weighted by molar-refractivity contribution is 5.89. The normalized spacial score (nSPS) is 13.9. The van der Waals surface area contributed by atoms with Crippen LogP contribution in [0, 0.1) is 0 Å². The van der Waals surface area contributed by atoms with Crippen LogP contribution in [0.1, 0.15) is 24.2 Å². The van der Waals surface area contributed by atoms with Crippen molar-refractivity contribution in [1.29, 1.82) is 0 Å². The molecule has 0 spiro atoms. The molecule has 0 bridgehead atoms. The predicted molar refractivity (Wildman–Crippen MR) is 67.3 cm³/mol. The summed E-state index contributed by atoms with van der Waals surface area (Å²) < 4.78 is 5.10. The zero-order valence-electron chi connectivity index (χ0n) is 10.7. The molecule has 0 aliphatic carbocycles. The van der Waals surface area contributed by atoms with Crippen molar-refractivity contribution in [3.05, 3.63) is 29.8 Å². The van der Waals surface area contributed by atoms with Crippen molar-refractivity contribution in [1.82, 2.24) is 0 Å². The van der Waals surface area contributed by atoms with E-state index < -0.39 is 18.2 Å². The molecular formula is C13H19NO3. The van der Waals surface area contributed by atoms with Crippen molar-refractivity contribution in [2.24, 2.45) is 0 Å². The van der Waals surface area contributed by atoms with Crippen LogP contribution in [0.25, 0.3) is 0 Å². The number of anilines is 1. The van der Waals surface area contributed by atoms with Gasteiger partial charge in [-0.3, -0.25) is 0 Å². The van der Waals surface area contributed by atoms with Crippen LogP contribution in [-0.2, 0) is 4.74 Å². The van der Waals surface area contributed by atoms with Gasteiger partial charge in [-0.25, -0.2) is 4.79 Å². The third-order valence-corrected chi connectivity index (χ3v) is 2.59. The number of aliphatic hydroxyl groups is 1. The summed E-state index contributed by atoms with van der Waals surface area (Å²) in [4.78, 5) is 13.6. The Labute approximate surface area is 102 Å². The van der Waals surface area contributed by atoms with Crippen LogP contribution in [0.15, 0.2) is 24.3 Å². The molecule has 1 aromatic rings. The average Bonchev–Trinajstić information content (AvgIpc) is 2.28. The molecule has 1 aromatic carbocycles. The Morgan fingerprint density at radius 3 is 2.18 bits per heavy atom. The molecule has 0 heterocycles. The molecule has 0 fully saturated rings. The largest absolute Gasteiger partial charge is 0.456 e.